The zero-order chi connectivity index (χ0) is 22.6. The Balaban J connectivity index is 2.36. The Morgan fingerprint density at radius 1 is 1.27 bits per heavy atom. The zero-order valence-corrected chi connectivity index (χ0v) is 17.0. The molecule has 2 aromatic rings. The molecule has 2 aromatic heterocycles. The van der Waals surface area contributed by atoms with Gasteiger partial charge in [0.1, 0.15) is 17.1 Å². The number of rotatable bonds is 6. The molecule has 0 fully saturated rings. The molecule has 0 saturated heterocycles. The largest absolute Gasteiger partial charge is 0.462 e. The van der Waals surface area contributed by atoms with E-state index < -0.39 is 41.6 Å². The molecule has 8 nitrogen and oxygen atoms in total. The number of nitrogens with zero attached hydrogens (tertiary/aromatic N) is 1. The number of amides is 2. The summed E-state index contributed by atoms with van der Waals surface area (Å²) >= 11 is 0.811. The summed E-state index contributed by atoms with van der Waals surface area (Å²) in [5, 5.41) is 4.79. The smallest absolute Gasteiger partial charge is 0.421 e. The van der Waals surface area contributed by atoms with Gasteiger partial charge in [-0.25, -0.2) is 4.79 Å². The molecule has 0 spiro atoms. The maximum absolute atomic E-state index is 12.9. The summed E-state index contributed by atoms with van der Waals surface area (Å²) in [5.74, 6) is -2.11. The number of halogens is 3. The molecule has 12 heteroatoms. The number of hydrogen-bond acceptors (Lipinski definition) is 6. The quantitative estimate of drug-likeness (QED) is 0.665. The fourth-order valence-electron chi connectivity index (χ4n) is 2.58. The Hall–Kier alpha value is -3.15. The van der Waals surface area contributed by atoms with Gasteiger partial charge >= 0.3 is 12.1 Å². The van der Waals surface area contributed by atoms with E-state index in [1.807, 2.05) is 0 Å². The second-order valence-electron chi connectivity index (χ2n) is 5.96. The number of carbonyl (C=O) groups is 3. The first-order valence-corrected chi connectivity index (χ1v) is 9.42. The number of hydrogen-bond donors (Lipinski definition) is 2. The molecule has 30 heavy (non-hydrogen) atoms. The van der Waals surface area contributed by atoms with Crippen molar-refractivity contribution in [2.24, 2.45) is 0 Å². The molecule has 0 unspecified atom stereocenters. The molecular formula is C18H18F3N3O5S. The number of alkyl halides is 3. The highest BCUT2D eigenvalue weighted by molar-refractivity contribution is 7.18. The van der Waals surface area contributed by atoms with E-state index in [1.54, 1.807) is 6.92 Å². The van der Waals surface area contributed by atoms with E-state index in [2.05, 4.69) is 10.6 Å². The first kappa shape index (κ1) is 23.1. The first-order chi connectivity index (χ1) is 14.0. The maximum Gasteiger partial charge on any atom is 0.421 e. The minimum atomic E-state index is -4.86. The summed E-state index contributed by atoms with van der Waals surface area (Å²) in [6.45, 7) is 2.41. The lowest BCUT2D eigenvalue weighted by Crippen LogP contribution is -2.32. The summed E-state index contributed by atoms with van der Waals surface area (Å²) in [5.41, 5.74) is -2.53. The van der Waals surface area contributed by atoms with Crippen LogP contribution in [0.15, 0.2) is 23.1 Å². The first-order valence-electron chi connectivity index (χ1n) is 8.60. The minimum Gasteiger partial charge on any atom is -0.462 e. The van der Waals surface area contributed by atoms with Crippen LogP contribution in [0.4, 0.5) is 18.2 Å². The summed E-state index contributed by atoms with van der Waals surface area (Å²) in [7, 11) is 1.39. The van der Waals surface area contributed by atoms with Gasteiger partial charge in [0.05, 0.1) is 17.0 Å². The summed E-state index contributed by atoms with van der Waals surface area (Å²) in [4.78, 5) is 48.8. The van der Waals surface area contributed by atoms with E-state index in [0.717, 1.165) is 23.6 Å². The molecule has 2 heterocycles. The highest BCUT2D eigenvalue weighted by Crippen LogP contribution is 2.34. The van der Waals surface area contributed by atoms with Crippen molar-refractivity contribution in [3.05, 3.63) is 50.3 Å². The van der Waals surface area contributed by atoms with E-state index in [9.17, 15) is 32.3 Å². The molecule has 0 atom stereocenters. The van der Waals surface area contributed by atoms with Crippen LogP contribution in [0.3, 0.4) is 0 Å². The topological polar surface area (TPSA) is 106 Å². The van der Waals surface area contributed by atoms with Crippen LogP contribution in [0, 0.1) is 6.92 Å². The fraction of sp³-hybridized carbons (Fsp3) is 0.333. The van der Waals surface area contributed by atoms with Gasteiger partial charge < -0.3 is 19.9 Å². The maximum atomic E-state index is 12.9. The normalized spacial score (nSPS) is 11.1. The van der Waals surface area contributed by atoms with Crippen LogP contribution in [0.25, 0.3) is 0 Å². The van der Waals surface area contributed by atoms with E-state index >= 15 is 0 Å². The van der Waals surface area contributed by atoms with Gasteiger partial charge in [0.15, 0.2) is 0 Å². The average Bonchev–Trinajstić information content (AvgIpc) is 2.97. The lowest BCUT2D eigenvalue weighted by molar-refractivity contribution is -0.139. The summed E-state index contributed by atoms with van der Waals surface area (Å²) in [6.07, 6.45) is -3.82. The Labute approximate surface area is 172 Å². The second-order valence-corrected chi connectivity index (χ2v) is 6.98. The van der Waals surface area contributed by atoms with Crippen LogP contribution in [0.1, 0.15) is 38.1 Å². The molecule has 2 amide bonds. The molecule has 162 valence electrons. The molecule has 0 bridgehead atoms. The van der Waals surface area contributed by atoms with E-state index in [4.69, 9.17) is 4.74 Å². The van der Waals surface area contributed by atoms with Crippen LogP contribution in [-0.2, 0) is 22.3 Å². The Bertz CT molecular complexity index is 1040. The standard InChI is InChI=1S/C18H18F3N3O5S/c1-4-29-17(28)12-9(2)13(14(26)22-3)30-15(12)23-11(25)8-24-7-5-6-10(16(24)27)18(19,20)21/h5-7H,4,8H2,1-3H3,(H,22,26)(H,23,25). The number of ether oxygens (including phenoxy) is 1. The lowest BCUT2D eigenvalue weighted by atomic mass is 10.1. The number of pyridine rings is 1. The van der Waals surface area contributed by atoms with Crippen molar-refractivity contribution in [3.63, 3.8) is 0 Å². The molecular weight excluding hydrogens is 427 g/mol. The molecule has 0 aromatic carbocycles. The van der Waals surface area contributed by atoms with Gasteiger partial charge in [-0.1, -0.05) is 0 Å². The van der Waals surface area contributed by atoms with Crippen molar-refractivity contribution in [2.45, 2.75) is 26.6 Å². The summed E-state index contributed by atoms with van der Waals surface area (Å²) in [6, 6.07) is 1.62. The number of aromatic nitrogens is 1. The highest BCUT2D eigenvalue weighted by atomic mass is 32.1. The average molecular weight is 445 g/mol. The molecule has 0 radical (unpaired) electrons. The SMILES string of the molecule is CCOC(=O)c1c(NC(=O)Cn2cccc(C(F)(F)F)c2=O)sc(C(=O)NC)c1C. The van der Waals surface area contributed by atoms with E-state index in [1.165, 1.54) is 14.0 Å². The highest BCUT2D eigenvalue weighted by Gasteiger charge is 2.34. The fourth-order valence-corrected chi connectivity index (χ4v) is 3.74. The molecule has 0 saturated carbocycles. The van der Waals surface area contributed by atoms with Crippen molar-refractivity contribution in [2.75, 3.05) is 19.0 Å². The summed E-state index contributed by atoms with van der Waals surface area (Å²) < 4.78 is 44.2. The number of carbonyl (C=O) groups excluding carboxylic acids is 3. The minimum absolute atomic E-state index is 0.00502. The van der Waals surface area contributed by atoms with Crippen LogP contribution in [0.5, 0.6) is 0 Å². The lowest BCUT2D eigenvalue weighted by Gasteiger charge is -2.11. The zero-order valence-electron chi connectivity index (χ0n) is 16.2. The van der Waals surface area contributed by atoms with Gasteiger partial charge in [-0.3, -0.25) is 14.4 Å². The van der Waals surface area contributed by atoms with Crippen LogP contribution in [-0.4, -0.2) is 36.0 Å². The van der Waals surface area contributed by atoms with Crippen molar-refractivity contribution >= 4 is 34.1 Å². The number of nitrogens with one attached hydrogen (secondary N) is 2. The van der Waals surface area contributed by atoms with Gasteiger partial charge in [0, 0.05) is 13.2 Å². The van der Waals surface area contributed by atoms with Gasteiger partial charge in [0.25, 0.3) is 11.5 Å². The third-order valence-electron chi connectivity index (χ3n) is 3.95. The van der Waals surface area contributed by atoms with Gasteiger partial charge in [-0.2, -0.15) is 13.2 Å². The van der Waals surface area contributed by atoms with Crippen molar-refractivity contribution in [3.8, 4) is 0 Å². The molecule has 2 N–H and O–H groups in total. The van der Waals surface area contributed by atoms with Crippen molar-refractivity contribution in [1.82, 2.24) is 9.88 Å². The Kier molecular flexibility index (Phi) is 7.03. The monoisotopic (exact) mass is 445 g/mol. The predicted molar refractivity (Wildman–Crippen MR) is 103 cm³/mol. The van der Waals surface area contributed by atoms with Crippen LogP contribution in [0.2, 0.25) is 0 Å². The second kappa shape index (κ2) is 9.11. The Morgan fingerprint density at radius 3 is 2.50 bits per heavy atom. The van der Waals surface area contributed by atoms with Gasteiger partial charge in [-0.05, 0) is 31.5 Å². The van der Waals surface area contributed by atoms with Crippen molar-refractivity contribution < 1.29 is 32.3 Å². The Morgan fingerprint density at radius 2 is 1.93 bits per heavy atom. The predicted octanol–water partition coefficient (Wildman–Crippen LogP) is 2.41. The number of anilines is 1. The van der Waals surface area contributed by atoms with Crippen LogP contribution < -0.4 is 16.2 Å². The van der Waals surface area contributed by atoms with Gasteiger partial charge in [0.2, 0.25) is 5.91 Å². The molecule has 0 aliphatic heterocycles. The third-order valence-corrected chi connectivity index (χ3v) is 5.16. The van der Waals surface area contributed by atoms with Crippen molar-refractivity contribution in [1.29, 1.82) is 0 Å². The molecule has 2 rings (SSSR count). The number of esters is 1. The van der Waals surface area contributed by atoms with Gasteiger partial charge in [-0.15, -0.1) is 11.3 Å². The molecule has 0 aliphatic carbocycles. The number of thiophene rings is 1. The molecule has 0 aliphatic rings. The van der Waals surface area contributed by atoms with E-state index in [0.29, 0.717) is 10.6 Å². The van der Waals surface area contributed by atoms with E-state index in [-0.39, 0.29) is 27.6 Å². The van der Waals surface area contributed by atoms with Crippen LogP contribution >= 0.6 is 11.3 Å². The third kappa shape index (κ3) is 4.87.